The number of carbonyl (C=O) groups is 1. The van der Waals surface area contributed by atoms with E-state index in [9.17, 15) is 4.79 Å². The molecule has 0 bridgehead atoms. The second-order valence-corrected chi connectivity index (χ2v) is 4.78. The lowest BCUT2D eigenvalue weighted by Crippen LogP contribution is -2.25. The number of H-pyrrole nitrogens is 1. The van der Waals surface area contributed by atoms with E-state index in [0.29, 0.717) is 18.7 Å². The zero-order valence-corrected chi connectivity index (χ0v) is 11.6. The van der Waals surface area contributed by atoms with Crippen molar-refractivity contribution >= 4 is 5.91 Å². The highest BCUT2D eigenvalue weighted by atomic mass is 16.1. The number of aryl methyl sites for hydroxylation is 2. The van der Waals surface area contributed by atoms with E-state index >= 15 is 0 Å². The van der Waals surface area contributed by atoms with E-state index in [2.05, 4.69) is 15.5 Å². The fraction of sp³-hybridized carbons (Fsp3) is 0.333. The molecule has 0 aliphatic rings. The molecule has 0 fully saturated rings. The Balaban J connectivity index is 1.79. The summed E-state index contributed by atoms with van der Waals surface area (Å²) in [6.07, 6.45) is 3.63. The van der Waals surface area contributed by atoms with Crippen LogP contribution in [0.3, 0.4) is 0 Å². The molecule has 5 heteroatoms. The molecule has 5 nitrogen and oxygen atoms in total. The topological polar surface area (TPSA) is 83.8 Å². The summed E-state index contributed by atoms with van der Waals surface area (Å²) in [5.41, 5.74) is 9.48. The van der Waals surface area contributed by atoms with Crippen LogP contribution in [0.25, 0.3) is 0 Å². The number of aromatic nitrogens is 2. The van der Waals surface area contributed by atoms with Gasteiger partial charge in [0.15, 0.2) is 0 Å². The Hall–Kier alpha value is -2.14. The lowest BCUT2D eigenvalue weighted by Gasteiger charge is -2.06. The van der Waals surface area contributed by atoms with Gasteiger partial charge in [0.05, 0.1) is 6.20 Å². The number of amides is 1. The quantitative estimate of drug-likeness (QED) is 0.697. The molecule has 1 aromatic heterocycles. The molecule has 0 aliphatic carbocycles. The number of hydrogen-bond acceptors (Lipinski definition) is 3. The van der Waals surface area contributed by atoms with Crippen molar-refractivity contribution in [2.75, 3.05) is 6.54 Å². The molecule has 0 atom stereocenters. The SMILES string of the molecule is Cc1[nH]ncc1CCCNC(=O)c1cccc(CN)c1. The van der Waals surface area contributed by atoms with Crippen molar-refractivity contribution in [2.24, 2.45) is 5.73 Å². The molecular weight excluding hydrogens is 252 g/mol. The third-order valence-electron chi connectivity index (χ3n) is 3.27. The van der Waals surface area contributed by atoms with E-state index in [1.165, 1.54) is 5.56 Å². The standard InChI is InChI=1S/C15H20N4O/c1-11-14(10-18-19-11)6-3-7-17-15(20)13-5-2-4-12(8-13)9-16/h2,4-5,8,10H,3,6-7,9,16H2,1H3,(H,17,20)(H,18,19). The molecule has 0 radical (unpaired) electrons. The van der Waals surface area contributed by atoms with E-state index in [0.717, 1.165) is 24.1 Å². The Bertz CT molecular complexity index is 577. The third kappa shape index (κ3) is 3.68. The van der Waals surface area contributed by atoms with Crippen LogP contribution in [0.5, 0.6) is 0 Å². The summed E-state index contributed by atoms with van der Waals surface area (Å²) < 4.78 is 0. The minimum atomic E-state index is -0.0517. The molecule has 0 aliphatic heterocycles. The molecule has 0 unspecified atom stereocenters. The Labute approximate surface area is 118 Å². The van der Waals surface area contributed by atoms with Gasteiger partial charge in [0.25, 0.3) is 5.91 Å². The summed E-state index contributed by atoms with van der Waals surface area (Å²) in [7, 11) is 0. The van der Waals surface area contributed by atoms with Crippen molar-refractivity contribution in [3.8, 4) is 0 Å². The van der Waals surface area contributed by atoms with Crippen molar-refractivity contribution in [2.45, 2.75) is 26.3 Å². The minimum absolute atomic E-state index is 0.0517. The lowest BCUT2D eigenvalue weighted by atomic mass is 10.1. The number of nitrogens with one attached hydrogen (secondary N) is 2. The monoisotopic (exact) mass is 272 g/mol. The predicted octanol–water partition coefficient (Wildman–Crippen LogP) is 1.54. The van der Waals surface area contributed by atoms with E-state index in [1.807, 2.05) is 31.3 Å². The summed E-state index contributed by atoms with van der Waals surface area (Å²) in [6, 6.07) is 7.40. The van der Waals surface area contributed by atoms with Crippen molar-refractivity contribution < 1.29 is 4.79 Å². The fourth-order valence-corrected chi connectivity index (χ4v) is 2.05. The van der Waals surface area contributed by atoms with Gasteiger partial charge in [-0.2, -0.15) is 5.10 Å². The van der Waals surface area contributed by atoms with E-state index in [-0.39, 0.29) is 5.91 Å². The van der Waals surface area contributed by atoms with Gasteiger partial charge >= 0.3 is 0 Å². The third-order valence-corrected chi connectivity index (χ3v) is 3.27. The highest BCUT2D eigenvalue weighted by molar-refractivity contribution is 5.94. The Morgan fingerprint density at radius 2 is 2.30 bits per heavy atom. The van der Waals surface area contributed by atoms with Crippen molar-refractivity contribution in [3.63, 3.8) is 0 Å². The molecule has 0 spiro atoms. The first-order valence-electron chi connectivity index (χ1n) is 6.76. The van der Waals surface area contributed by atoms with Gasteiger partial charge < -0.3 is 11.1 Å². The highest BCUT2D eigenvalue weighted by Crippen LogP contribution is 2.06. The van der Waals surface area contributed by atoms with Gasteiger partial charge in [0.2, 0.25) is 0 Å². The van der Waals surface area contributed by atoms with Gasteiger partial charge in [-0.1, -0.05) is 12.1 Å². The first-order valence-corrected chi connectivity index (χ1v) is 6.76. The number of rotatable bonds is 6. The Kier molecular flexibility index (Phi) is 4.90. The minimum Gasteiger partial charge on any atom is -0.352 e. The lowest BCUT2D eigenvalue weighted by molar-refractivity contribution is 0.0953. The van der Waals surface area contributed by atoms with Crippen LogP contribution in [-0.4, -0.2) is 22.6 Å². The second kappa shape index (κ2) is 6.86. The molecule has 1 amide bonds. The first-order chi connectivity index (χ1) is 9.70. The fourth-order valence-electron chi connectivity index (χ4n) is 2.05. The molecule has 106 valence electrons. The Morgan fingerprint density at radius 3 is 3.00 bits per heavy atom. The average Bonchev–Trinajstić information content (AvgIpc) is 2.89. The van der Waals surface area contributed by atoms with Crippen LogP contribution in [0.1, 0.15) is 33.6 Å². The van der Waals surface area contributed by atoms with Crippen LogP contribution in [0, 0.1) is 6.92 Å². The molecule has 20 heavy (non-hydrogen) atoms. The first kappa shape index (κ1) is 14.3. The van der Waals surface area contributed by atoms with E-state index < -0.39 is 0 Å². The number of hydrogen-bond donors (Lipinski definition) is 3. The summed E-state index contributed by atoms with van der Waals surface area (Å²) in [5, 5.41) is 9.81. The average molecular weight is 272 g/mol. The van der Waals surface area contributed by atoms with Gasteiger partial charge in [-0.3, -0.25) is 9.89 Å². The summed E-state index contributed by atoms with van der Waals surface area (Å²) in [5.74, 6) is -0.0517. The summed E-state index contributed by atoms with van der Waals surface area (Å²) >= 11 is 0. The molecule has 2 rings (SSSR count). The van der Waals surface area contributed by atoms with Gasteiger partial charge in [0.1, 0.15) is 0 Å². The molecule has 1 aromatic carbocycles. The molecule has 2 aromatic rings. The van der Waals surface area contributed by atoms with Crippen LogP contribution in [0.15, 0.2) is 30.5 Å². The molecule has 1 heterocycles. The van der Waals surface area contributed by atoms with Gasteiger partial charge in [-0.15, -0.1) is 0 Å². The summed E-state index contributed by atoms with van der Waals surface area (Å²) in [4.78, 5) is 12.0. The van der Waals surface area contributed by atoms with Gasteiger partial charge in [-0.05, 0) is 43.0 Å². The normalized spacial score (nSPS) is 10.5. The highest BCUT2D eigenvalue weighted by Gasteiger charge is 2.05. The van der Waals surface area contributed by atoms with Crippen molar-refractivity contribution in [3.05, 3.63) is 52.8 Å². The smallest absolute Gasteiger partial charge is 0.251 e. The Morgan fingerprint density at radius 1 is 1.45 bits per heavy atom. The van der Waals surface area contributed by atoms with E-state index in [1.54, 1.807) is 6.07 Å². The van der Waals surface area contributed by atoms with Crippen LogP contribution in [-0.2, 0) is 13.0 Å². The zero-order valence-electron chi connectivity index (χ0n) is 11.6. The van der Waals surface area contributed by atoms with Crippen LogP contribution < -0.4 is 11.1 Å². The van der Waals surface area contributed by atoms with Crippen molar-refractivity contribution in [1.29, 1.82) is 0 Å². The number of nitrogens with zero attached hydrogens (tertiary/aromatic N) is 1. The molecule has 4 N–H and O–H groups in total. The second-order valence-electron chi connectivity index (χ2n) is 4.78. The molecular formula is C15H20N4O. The van der Waals surface area contributed by atoms with E-state index in [4.69, 9.17) is 5.73 Å². The van der Waals surface area contributed by atoms with Crippen LogP contribution >= 0.6 is 0 Å². The zero-order chi connectivity index (χ0) is 14.4. The number of aromatic amines is 1. The van der Waals surface area contributed by atoms with Gasteiger partial charge in [0, 0.05) is 24.3 Å². The number of carbonyl (C=O) groups excluding carboxylic acids is 1. The summed E-state index contributed by atoms with van der Waals surface area (Å²) in [6.45, 7) is 3.09. The number of nitrogens with two attached hydrogens (primary N) is 1. The molecule has 0 saturated carbocycles. The van der Waals surface area contributed by atoms with Crippen LogP contribution in [0.2, 0.25) is 0 Å². The number of benzene rings is 1. The van der Waals surface area contributed by atoms with Crippen LogP contribution in [0.4, 0.5) is 0 Å². The largest absolute Gasteiger partial charge is 0.352 e. The van der Waals surface area contributed by atoms with Gasteiger partial charge in [-0.25, -0.2) is 0 Å². The van der Waals surface area contributed by atoms with Crippen molar-refractivity contribution in [1.82, 2.24) is 15.5 Å². The predicted molar refractivity (Wildman–Crippen MR) is 78.3 cm³/mol. The molecule has 0 saturated heterocycles. The maximum atomic E-state index is 12.0. The maximum absolute atomic E-state index is 12.0. The maximum Gasteiger partial charge on any atom is 0.251 e.